The van der Waals surface area contributed by atoms with Crippen molar-refractivity contribution >= 4 is 49.3 Å². The summed E-state index contributed by atoms with van der Waals surface area (Å²) < 4.78 is 6.45. The van der Waals surface area contributed by atoms with Crippen LogP contribution in [0.2, 0.25) is 0 Å². The molecule has 4 nitrogen and oxygen atoms in total. The van der Waals surface area contributed by atoms with Gasteiger partial charge in [-0.25, -0.2) is 4.98 Å². The number of nitrogens with one attached hydrogen (secondary N) is 1. The van der Waals surface area contributed by atoms with Gasteiger partial charge in [0.15, 0.2) is 10.9 Å². The fraction of sp³-hybridized carbons (Fsp3) is 0.200. The molecule has 106 valence electrons. The summed E-state index contributed by atoms with van der Waals surface area (Å²) in [4.78, 5) is 16.7. The molecule has 0 saturated heterocycles. The zero-order valence-electron chi connectivity index (χ0n) is 10.9. The maximum atomic E-state index is 12.2. The van der Waals surface area contributed by atoms with Gasteiger partial charge in [-0.05, 0) is 40.9 Å². The first-order chi connectivity index (χ1) is 10.2. The van der Waals surface area contributed by atoms with Crippen LogP contribution in [0.15, 0.2) is 38.5 Å². The summed E-state index contributed by atoms with van der Waals surface area (Å²) in [5, 5.41) is 6.34. The lowest BCUT2D eigenvalue weighted by Gasteiger charge is -1.97. The van der Waals surface area contributed by atoms with E-state index in [2.05, 4.69) is 26.2 Å². The second kappa shape index (κ2) is 4.96. The Balaban J connectivity index is 1.58. The molecule has 2 aromatic heterocycles. The second-order valence-electron chi connectivity index (χ2n) is 5.07. The molecule has 1 aliphatic carbocycles. The van der Waals surface area contributed by atoms with Gasteiger partial charge in [-0.3, -0.25) is 10.1 Å². The van der Waals surface area contributed by atoms with E-state index in [1.165, 1.54) is 24.2 Å². The van der Waals surface area contributed by atoms with E-state index >= 15 is 0 Å². The first kappa shape index (κ1) is 13.0. The third-order valence-corrected chi connectivity index (χ3v) is 4.86. The van der Waals surface area contributed by atoms with Gasteiger partial charge >= 0.3 is 0 Å². The number of aromatic nitrogens is 1. The first-order valence-corrected chi connectivity index (χ1v) is 8.33. The van der Waals surface area contributed by atoms with Gasteiger partial charge in [-0.2, -0.15) is 0 Å². The Morgan fingerprint density at radius 3 is 3.05 bits per heavy atom. The Morgan fingerprint density at radius 2 is 2.29 bits per heavy atom. The number of carbonyl (C=O) groups is 1. The number of benzene rings is 1. The molecule has 4 rings (SSSR count). The van der Waals surface area contributed by atoms with Crippen LogP contribution in [0.1, 0.15) is 35.0 Å². The van der Waals surface area contributed by atoms with Crippen molar-refractivity contribution in [2.45, 2.75) is 18.8 Å². The zero-order chi connectivity index (χ0) is 14.4. The molecular weight excluding hydrogens is 352 g/mol. The predicted molar refractivity (Wildman–Crippen MR) is 86.0 cm³/mol. The number of amides is 1. The van der Waals surface area contributed by atoms with Crippen molar-refractivity contribution in [3.05, 3.63) is 45.6 Å². The molecule has 0 spiro atoms. The summed E-state index contributed by atoms with van der Waals surface area (Å²) >= 11 is 4.87. The molecule has 0 radical (unpaired) electrons. The summed E-state index contributed by atoms with van der Waals surface area (Å²) in [6.07, 6.45) is 2.41. The quantitative estimate of drug-likeness (QED) is 0.729. The summed E-state index contributed by atoms with van der Waals surface area (Å²) in [7, 11) is 0. The number of fused-ring (bicyclic) bond motifs is 1. The highest BCUT2D eigenvalue weighted by Crippen LogP contribution is 2.41. The lowest BCUT2D eigenvalue weighted by molar-refractivity contribution is 0.0998. The molecule has 21 heavy (non-hydrogen) atoms. The SMILES string of the molecule is O=C(Nc1nc(C2CC2)cs1)c1cc2cccc(Br)c2o1. The number of anilines is 1. The Kier molecular flexibility index (Phi) is 3.08. The molecule has 0 bridgehead atoms. The second-order valence-corrected chi connectivity index (χ2v) is 6.79. The number of hydrogen-bond donors (Lipinski definition) is 1. The zero-order valence-corrected chi connectivity index (χ0v) is 13.3. The standard InChI is InChI=1S/C15H11BrN2O2S/c16-10-3-1-2-9-6-12(20-13(9)10)14(19)18-15-17-11(7-21-15)8-4-5-8/h1-3,6-8H,4-5H2,(H,17,18,19). The lowest BCUT2D eigenvalue weighted by Crippen LogP contribution is -2.10. The molecule has 0 unspecified atom stereocenters. The molecule has 1 aromatic carbocycles. The molecule has 3 aromatic rings. The van der Waals surface area contributed by atoms with E-state index in [4.69, 9.17) is 4.42 Å². The monoisotopic (exact) mass is 362 g/mol. The maximum absolute atomic E-state index is 12.2. The fourth-order valence-corrected chi connectivity index (χ4v) is 3.46. The number of furan rings is 1. The maximum Gasteiger partial charge on any atom is 0.293 e. The number of thiazole rings is 1. The number of carbonyl (C=O) groups excluding carboxylic acids is 1. The van der Waals surface area contributed by atoms with Crippen molar-refractivity contribution in [1.82, 2.24) is 4.98 Å². The van der Waals surface area contributed by atoms with E-state index in [0.29, 0.717) is 22.4 Å². The summed E-state index contributed by atoms with van der Waals surface area (Å²) in [6.45, 7) is 0. The average Bonchev–Trinajstić information content (AvgIpc) is 3.05. The van der Waals surface area contributed by atoms with Crippen molar-refractivity contribution in [3.8, 4) is 0 Å². The van der Waals surface area contributed by atoms with Crippen molar-refractivity contribution in [2.24, 2.45) is 0 Å². The Bertz CT molecular complexity index is 835. The van der Waals surface area contributed by atoms with Crippen LogP contribution < -0.4 is 5.32 Å². The number of nitrogens with zero attached hydrogens (tertiary/aromatic N) is 1. The van der Waals surface area contributed by atoms with E-state index in [1.54, 1.807) is 6.07 Å². The van der Waals surface area contributed by atoms with Crippen LogP contribution in [0, 0.1) is 0 Å². The Morgan fingerprint density at radius 1 is 1.43 bits per heavy atom. The van der Waals surface area contributed by atoms with Gasteiger partial charge in [-0.15, -0.1) is 11.3 Å². The van der Waals surface area contributed by atoms with Gasteiger partial charge in [0.25, 0.3) is 5.91 Å². The minimum absolute atomic E-state index is 0.269. The number of halogens is 1. The Hall–Kier alpha value is -1.66. The molecule has 0 atom stereocenters. The van der Waals surface area contributed by atoms with Crippen LogP contribution in [-0.2, 0) is 0 Å². The highest BCUT2D eigenvalue weighted by Gasteiger charge is 2.26. The molecule has 1 amide bonds. The van der Waals surface area contributed by atoms with Gasteiger partial charge in [0, 0.05) is 16.7 Å². The fourth-order valence-electron chi connectivity index (χ4n) is 2.21. The van der Waals surface area contributed by atoms with Gasteiger partial charge in [0.1, 0.15) is 5.58 Å². The average molecular weight is 363 g/mol. The minimum atomic E-state index is -0.269. The van der Waals surface area contributed by atoms with Crippen molar-refractivity contribution in [3.63, 3.8) is 0 Å². The molecule has 0 aliphatic heterocycles. The van der Waals surface area contributed by atoms with Gasteiger partial charge in [0.05, 0.1) is 10.2 Å². The summed E-state index contributed by atoms with van der Waals surface area (Å²) in [6, 6.07) is 7.45. The molecule has 6 heteroatoms. The van der Waals surface area contributed by atoms with E-state index in [9.17, 15) is 4.79 Å². The van der Waals surface area contributed by atoms with Crippen LogP contribution in [0.25, 0.3) is 11.0 Å². The molecule has 2 heterocycles. The molecule has 1 fully saturated rings. The van der Waals surface area contributed by atoms with Crippen molar-refractivity contribution in [2.75, 3.05) is 5.32 Å². The van der Waals surface area contributed by atoms with E-state index in [1.807, 2.05) is 23.6 Å². The van der Waals surface area contributed by atoms with E-state index in [0.717, 1.165) is 15.6 Å². The number of hydrogen-bond acceptors (Lipinski definition) is 4. The van der Waals surface area contributed by atoms with Gasteiger partial charge < -0.3 is 4.42 Å². The van der Waals surface area contributed by atoms with Crippen molar-refractivity contribution in [1.29, 1.82) is 0 Å². The summed E-state index contributed by atoms with van der Waals surface area (Å²) in [5.74, 6) is 0.615. The third-order valence-electron chi connectivity index (χ3n) is 3.46. The molecule has 1 N–H and O–H groups in total. The van der Waals surface area contributed by atoms with Gasteiger partial charge in [-0.1, -0.05) is 12.1 Å². The molecular formula is C15H11BrN2O2S. The van der Waals surface area contributed by atoms with Crippen LogP contribution in [0.4, 0.5) is 5.13 Å². The largest absolute Gasteiger partial charge is 0.450 e. The minimum Gasteiger partial charge on any atom is -0.450 e. The summed E-state index contributed by atoms with van der Waals surface area (Å²) in [5.41, 5.74) is 1.77. The van der Waals surface area contributed by atoms with Crippen molar-refractivity contribution < 1.29 is 9.21 Å². The van der Waals surface area contributed by atoms with Crippen LogP contribution in [-0.4, -0.2) is 10.9 Å². The van der Waals surface area contributed by atoms with Crippen LogP contribution in [0.5, 0.6) is 0 Å². The Labute approximate surface area is 133 Å². The number of rotatable bonds is 3. The first-order valence-electron chi connectivity index (χ1n) is 6.65. The normalized spacial score (nSPS) is 14.5. The molecule has 1 saturated carbocycles. The lowest BCUT2D eigenvalue weighted by atomic mass is 10.2. The molecule has 1 aliphatic rings. The highest BCUT2D eigenvalue weighted by molar-refractivity contribution is 9.10. The van der Waals surface area contributed by atoms with Gasteiger partial charge in [0.2, 0.25) is 0 Å². The highest BCUT2D eigenvalue weighted by atomic mass is 79.9. The third kappa shape index (κ3) is 2.49. The number of para-hydroxylation sites is 1. The van der Waals surface area contributed by atoms with E-state index in [-0.39, 0.29) is 5.91 Å². The predicted octanol–water partition coefficient (Wildman–Crippen LogP) is 4.78. The van der Waals surface area contributed by atoms with E-state index < -0.39 is 0 Å². The smallest absolute Gasteiger partial charge is 0.293 e. The van der Waals surface area contributed by atoms with Crippen LogP contribution >= 0.6 is 27.3 Å². The topological polar surface area (TPSA) is 55.1 Å². The van der Waals surface area contributed by atoms with Crippen LogP contribution in [0.3, 0.4) is 0 Å².